The van der Waals surface area contributed by atoms with Gasteiger partial charge in [-0.15, -0.1) is 22.7 Å². The number of fused-ring (bicyclic) bond motifs is 13. The van der Waals surface area contributed by atoms with E-state index < -0.39 is 0 Å². The van der Waals surface area contributed by atoms with Crippen molar-refractivity contribution in [1.29, 1.82) is 0 Å². The number of para-hydroxylation sites is 1. The molecule has 0 atom stereocenters. The fourth-order valence-corrected chi connectivity index (χ4v) is 9.14. The smallest absolute Gasteiger partial charge is 0.163 e. The van der Waals surface area contributed by atoms with Crippen LogP contribution in [0, 0.1) is 0 Å². The molecule has 0 aliphatic carbocycles. The topological polar surface area (TPSA) is 30.7 Å². The lowest BCUT2D eigenvalue weighted by atomic mass is 10.00. The zero-order chi connectivity index (χ0) is 28.1. The lowest BCUT2D eigenvalue weighted by molar-refractivity contribution is 1.08. The molecule has 0 aliphatic heterocycles. The van der Waals surface area contributed by atoms with Gasteiger partial charge in [0.25, 0.3) is 0 Å². The number of nitrogens with zero attached hydrogens (tertiary/aromatic N) is 3. The van der Waals surface area contributed by atoms with Gasteiger partial charge in [-0.25, -0.2) is 9.97 Å². The monoisotopic (exact) mass is 583 g/mol. The summed E-state index contributed by atoms with van der Waals surface area (Å²) in [5, 5.41) is 9.96. The van der Waals surface area contributed by atoms with E-state index in [2.05, 4.69) is 126 Å². The molecule has 10 rings (SSSR count). The van der Waals surface area contributed by atoms with Crippen molar-refractivity contribution in [3.8, 4) is 17.2 Å². The molecule has 200 valence electrons. The Labute approximate surface area is 253 Å². The Hall–Kier alpha value is -5.10. The first-order chi connectivity index (χ1) is 21.3. The fourth-order valence-electron chi connectivity index (χ4n) is 6.82. The number of benzene rings is 6. The summed E-state index contributed by atoms with van der Waals surface area (Å²) in [5.41, 5.74) is 3.36. The summed E-state index contributed by atoms with van der Waals surface area (Å²) >= 11 is 3.63. The molecular formula is C38H21N3S2. The first-order valence-electron chi connectivity index (χ1n) is 14.4. The molecule has 0 saturated carbocycles. The first kappa shape index (κ1) is 23.5. The van der Waals surface area contributed by atoms with Gasteiger partial charge in [0, 0.05) is 57.4 Å². The van der Waals surface area contributed by atoms with Crippen LogP contribution >= 0.6 is 22.7 Å². The maximum atomic E-state index is 5.43. The van der Waals surface area contributed by atoms with Gasteiger partial charge in [-0.1, -0.05) is 109 Å². The maximum absolute atomic E-state index is 5.43. The van der Waals surface area contributed by atoms with Gasteiger partial charge in [0.2, 0.25) is 0 Å². The first-order valence-corrected chi connectivity index (χ1v) is 16.0. The van der Waals surface area contributed by atoms with Crippen molar-refractivity contribution in [3.05, 3.63) is 127 Å². The second-order valence-electron chi connectivity index (χ2n) is 10.9. The van der Waals surface area contributed by atoms with Crippen LogP contribution in [0.1, 0.15) is 0 Å². The number of hydrogen-bond acceptors (Lipinski definition) is 4. The highest BCUT2D eigenvalue weighted by atomic mass is 32.1. The third-order valence-corrected chi connectivity index (χ3v) is 10.9. The Morgan fingerprint density at radius 2 is 1.07 bits per heavy atom. The van der Waals surface area contributed by atoms with E-state index >= 15 is 0 Å². The van der Waals surface area contributed by atoms with Crippen LogP contribution in [-0.4, -0.2) is 14.5 Å². The molecule has 5 heteroatoms. The minimum absolute atomic E-state index is 0.743. The largest absolute Gasteiger partial charge is 0.292 e. The van der Waals surface area contributed by atoms with Crippen LogP contribution in [0.25, 0.3) is 90.3 Å². The third kappa shape index (κ3) is 3.18. The fraction of sp³-hybridized carbons (Fsp3) is 0. The van der Waals surface area contributed by atoms with E-state index in [9.17, 15) is 0 Å². The van der Waals surface area contributed by atoms with Gasteiger partial charge in [-0.2, -0.15) is 0 Å². The zero-order valence-corrected chi connectivity index (χ0v) is 24.4. The van der Waals surface area contributed by atoms with Crippen LogP contribution in [0.2, 0.25) is 0 Å². The van der Waals surface area contributed by atoms with Gasteiger partial charge in [-0.05, 0) is 18.2 Å². The van der Waals surface area contributed by atoms with Crippen LogP contribution in [0.15, 0.2) is 127 Å². The number of aromatic nitrogens is 3. The van der Waals surface area contributed by atoms with E-state index in [4.69, 9.17) is 9.97 Å². The summed E-state index contributed by atoms with van der Waals surface area (Å²) in [6.07, 6.45) is 0. The minimum Gasteiger partial charge on any atom is -0.292 e. The van der Waals surface area contributed by atoms with Crippen molar-refractivity contribution < 1.29 is 0 Å². The van der Waals surface area contributed by atoms with Gasteiger partial charge < -0.3 is 0 Å². The second-order valence-corrected chi connectivity index (χ2v) is 13.0. The van der Waals surface area contributed by atoms with Crippen LogP contribution in [0.5, 0.6) is 0 Å². The van der Waals surface area contributed by atoms with E-state index in [0.29, 0.717) is 0 Å². The van der Waals surface area contributed by atoms with Crippen LogP contribution in [-0.2, 0) is 0 Å². The van der Waals surface area contributed by atoms with E-state index in [0.717, 1.165) is 32.9 Å². The minimum atomic E-state index is 0.743. The highest BCUT2D eigenvalue weighted by molar-refractivity contribution is 7.27. The van der Waals surface area contributed by atoms with Gasteiger partial charge in [0.1, 0.15) is 4.83 Å². The third-order valence-electron chi connectivity index (χ3n) is 8.61. The molecule has 6 aromatic carbocycles. The molecule has 0 bridgehead atoms. The highest BCUT2D eigenvalue weighted by Crippen LogP contribution is 2.49. The average Bonchev–Trinajstić information content (AvgIpc) is 3.75. The summed E-state index contributed by atoms with van der Waals surface area (Å²) in [7, 11) is 0. The predicted molar refractivity (Wildman–Crippen MR) is 185 cm³/mol. The van der Waals surface area contributed by atoms with Crippen LogP contribution in [0.4, 0.5) is 0 Å². The molecule has 4 aromatic heterocycles. The second kappa shape index (κ2) is 8.71. The lowest BCUT2D eigenvalue weighted by Gasteiger charge is -2.13. The zero-order valence-electron chi connectivity index (χ0n) is 22.8. The molecule has 0 aliphatic rings. The predicted octanol–water partition coefficient (Wildman–Crippen LogP) is 11.1. The van der Waals surface area contributed by atoms with E-state index in [1.807, 2.05) is 17.4 Å². The Morgan fingerprint density at radius 1 is 0.465 bits per heavy atom. The van der Waals surface area contributed by atoms with Crippen molar-refractivity contribution in [2.24, 2.45) is 0 Å². The van der Waals surface area contributed by atoms with E-state index in [-0.39, 0.29) is 0 Å². The van der Waals surface area contributed by atoms with Gasteiger partial charge in [0.05, 0.1) is 16.4 Å². The quantitative estimate of drug-likeness (QED) is 0.203. The Bertz CT molecular complexity index is 2730. The molecule has 3 nitrogen and oxygen atoms in total. The van der Waals surface area contributed by atoms with Crippen molar-refractivity contribution in [2.45, 2.75) is 0 Å². The van der Waals surface area contributed by atoms with Crippen LogP contribution in [0.3, 0.4) is 0 Å². The van der Waals surface area contributed by atoms with E-state index in [1.165, 1.54) is 57.3 Å². The molecule has 0 spiro atoms. The van der Waals surface area contributed by atoms with Crippen molar-refractivity contribution in [2.75, 3.05) is 0 Å². The SMILES string of the molecule is c1ccc(-c2nc(-n3c4ccccc4c4c5c6ccccc6sc5c5ccccc5c43)c3c(n2)sc2ccccc23)cc1. The molecule has 4 heterocycles. The Kier molecular flexibility index (Phi) is 4.75. The molecular weight excluding hydrogens is 563 g/mol. The van der Waals surface area contributed by atoms with Gasteiger partial charge >= 0.3 is 0 Å². The standard InChI is InChI=1S/C38H21N3S2/c1-2-12-22(13-3-1)36-39-37(33-27-18-8-11-21-30(27)43-38(33)40-36)41-28-19-9-6-16-25(28)31-32-26-17-7-10-20-29(26)42-35(32)24-15-5-4-14-23(24)34(31)41/h1-21H. The molecule has 43 heavy (non-hydrogen) atoms. The summed E-state index contributed by atoms with van der Waals surface area (Å²) in [6, 6.07) is 45.5. The molecule has 10 aromatic rings. The number of rotatable bonds is 2. The highest BCUT2D eigenvalue weighted by Gasteiger charge is 2.25. The molecule has 0 saturated heterocycles. The molecule has 0 amide bonds. The maximum Gasteiger partial charge on any atom is 0.163 e. The van der Waals surface area contributed by atoms with E-state index in [1.54, 1.807) is 11.3 Å². The molecule has 0 unspecified atom stereocenters. The summed E-state index contributed by atoms with van der Waals surface area (Å²) in [5.74, 6) is 1.67. The van der Waals surface area contributed by atoms with Gasteiger partial charge in [0.15, 0.2) is 11.6 Å². The Balaban J connectivity index is 1.50. The Morgan fingerprint density at radius 3 is 1.86 bits per heavy atom. The summed E-state index contributed by atoms with van der Waals surface area (Å²) < 4.78 is 6.29. The normalized spacial score (nSPS) is 12.2. The molecule has 0 radical (unpaired) electrons. The summed E-state index contributed by atoms with van der Waals surface area (Å²) in [4.78, 5) is 11.6. The van der Waals surface area contributed by atoms with Crippen molar-refractivity contribution in [1.82, 2.24) is 14.5 Å². The van der Waals surface area contributed by atoms with Crippen molar-refractivity contribution in [3.63, 3.8) is 0 Å². The molecule has 0 N–H and O–H groups in total. The molecule has 0 fully saturated rings. The van der Waals surface area contributed by atoms with Crippen molar-refractivity contribution >= 4 is 95.7 Å². The van der Waals surface area contributed by atoms with Crippen LogP contribution < -0.4 is 0 Å². The number of hydrogen-bond donors (Lipinski definition) is 0. The average molecular weight is 584 g/mol. The van der Waals surface area contributed by atoms with Gasteiger partial charge in [-0.3, -0.25) is 4.57 Å². The summed E-state index contributed by atoms with van der Waals surface area (Å²) in [6.45, 7) is 0. The lowest BCUT2D eigenvalue weighted by Crippen LogP contribution is -2.02. The number of thiophene rings is 2.